The van der Waals surface area contributed by atoms with Gasteiger partial charge in [0.1, 0.15) is 18.1 Å². The third-order valence-electron chi connectivity index (χ3n) is 3.49. The van der Waals surface area contributed by atoms with Crippen LogP contribution in [0, 0.1) is 6.92 Å². The fourth-order valence-corrected chi connectivity index (χ4v) is 2.19. The van der Waals surface area contributed by atoms with Crippen LogP contribution in [0.5, 0.6) is 5.75 Å². The molecule has 0 saturated carbocycles. The van der Waals surface area contributed by atoms with Crippen molar-refractivity contribution in [1.82, 2.24) is 0 Å². The number of rotatable bonds is 7. The highest BCUT2D eigenvalue weighted by Gasteiger charge is 2.11. The van der Waals surface area contributed by atoms with E-state index in [0.29, 0.717) is 17.9 Å². The Hall–Kier alpha value is -3.24. The molecule has 0 aliphatic heterocycles. The third-order valence-corrected chi connectivity index (χ3v) is 3.49. The number of carbonyl (C=O) groups excluding carboxylic acids is 1. The van der Waals surface area contributed by atoms with Crippen LogP contribution in [0.3, 0.4) is 0 Å². The molecule has 0 fully saturated rings. The van der Waals surface area contributed by atoms with Gasteiger partial charge >= 0.3 is 5.97 Å². The van der Waals surface area contributed by atoms with E-state index >= 15 is 0 Å². The molecule has 2 aromatic rings. The van der Waals surface area contributed by atoms with Gasteiger partial charge in [0.25, 0.3) is 0 Å². The molecule has 0 saturated heterocycles. The van der Waals surface area contributed by atoms with Crippen molar-refractivity contribution >= 4 is 12.0 Å². The van der Waals surface area contributed by atoms with Gasteiger partial charge < -0.3 is 9.47 Å². The van der Waals surface area contributed by atoms with Crippen LogP contribution >= 0.6 is 0 Å². The lowest BCUT2D eigenvalue weighted by Gasteiger charge is -2.11. The van der Waals surface area contributed by atoms with Gasteiger partial charge in [0.15, 0.2) is 0 Å². The van der Waals surface area contributed by atoms with Crippen molar-refractivity contribution in [3.63, 3.8) is 0 Å². The molecule has 6 heteroatoms. The van der Waals surface area contributed by atoms with Gasteiger partial charge in [-0.3, -0.25) is 0 Å². The Balaban J connectivity index is 2.27. The molecule has 2 aromatic carbocycles. The minimum absolute atomic E-state index is 0.115. The Morgan fingerprint density at radius 3 is 2.64 bits per heavy atom. The van der Waals surface area contributed by atoms with Crippen LogP contribution in [0.2, 0.25) is 0 Å². The summed E-state index contributed by atoms with van der Waals surface area (Å²) in [5.74, 6) is -0.0882. The topological polar surface area (TPSA) is 84.3 Å². The number of carbonyl (C=O) groups is 1. The van der Waals surface area contributed by atoms with E-state index in [9.17, 15) is 4.79 Å². The quantitative estimate of drug-likeness (QED) is 0.239. The highest BCUT2D eigenvalue weighted by Crippen LogP contribution is 2.23. The number of hydrogen-bond acceptors (Lipinski definition) is 4. The van der Waals surface area contributed by atoms with Crippen molar-refractivity contribution < 1.29 is 14.3 Å². The van der Waals surface area contributed by atoms with Crippen molar-refractivity contribution in [2.24, 2.45) is 5.11 Å². The number of hydrogen-bond donors (Lipinski definition) is 0. The van der Waals surface area contributed by atoms with E-state index in [1.165, 1.54) is 6.08 Å². The Labute approximate surface area is 146 Å². The summed E-state index contributed by atoms with van der Waals surface area (Å²) in [6.07, 6.45) is 1.46. The first-order valence-electron chi connectivity index (χ1n) is 7.86. The number of esters is 1. The second kappa shape index (κ2) is 9.15. The lowest BCUT2D eigenvalue weighted by molar-refractivity contribution is -0.138. The molecule has 0 atom stereocenters. The van der Waals surface area contributed by atoms with Gasteiger partial charge in [0.05, 0.1) is 6.61 Å². The Kier molecular flexibility index (Phi) is 6.63. The van der Waals surface area contributed by atoms with Gasteiger partial charge in [-0.25, -0.2) is 4.79 Å². The van der Waals surface area contributed by atoms with E-state index in [1.807, 2.05) is 43.3 Å². The number of ether oxygens (including phenoxy) is 2. The highest BCUT2D eigenvalue weighted by molar-refractivity contribution is 5.93. The summed E-state index contributed by atoms with van der Waals surface area (Å²) in [5.41, 5.74) is 11.4. The average Bonchev–Trinajstić information content (AvgIpc) is 2.62. The van der Waals surface area contributed by atoms with Crippen molar-refractivity contribution in [1.29, 1.82) is 0 Å². The van der Waals surface area contributed by atoms with E-state index in [0.717, 1.165) is 11.1 Å². The zero-order chi connectivity index (χ0) is 18.1. The monoisotopic (exact) mass is 337 g/mol. The standard InChI is InChI=1S/C19H19N3O3/c1-3-24-19(23)17(21-22-20)12-15-9-6-7-11-18(15)25-13-16-10-5-4-8-14(16)2/h4-12H,3,13H2,1-2H3. The lowest BCUT2D eigenvalue weighted by atomic mass is 10.1. The van der Waals surface area contributed by atoms with Crippen molar-refractivity contribution in [2.75, 3.05) is 6.61 Å². The first-order valence-corrected chi connectivity index (χ1v) is 7.86. The number of aryl methyl sites for hydroxylation is 1. The summed E-state index contributed by atoms with van der Waals surface area (Å²) in [6, 6.07) is 15.2. The molecule has 0 aliphatic rings. The first-order chi connectivity index (χ1) is 12.2. The SMILES string of the molecule is CCOC(=O)C(=Cc1ccccc1OCc1ccccc1C)N=[N+]=[N-]. The zero-order valence-electron chi connectivity index (χ0n) is 14.2. The molecule has 2 rings (SSSR count). The molecule has 25 heavy (non-hydrogen) atoms. The van der Waals surface area contributed by atoms with Gasteiger partial charge in [-0.15, -0.1) is 0 Å². The van der Waals surface area contributed by atoms with E-state index < -0.39 is 5.97 Å². The van der Waals surface area contributed by atoms with E-state index in [4.69, 9.17) is 15.0 Å². The fourth-order valence-electron chi connectivity index (χ4n) is 2.19. The van der Waals surface area contributed by atoms with Gasteiger partial charge in [0, 0.05) is 10.5 Å². The normalized spacial score (nSPS) is 10.7. The summed E-state index contributed by atoms with van der Waals surface area (Å²) in [5, 5.41) is 3.42. The molecule has 0 aliphatic carbocycles. The molecule has 6 nitrogen and oxygen atoms in total. The molecule has 0 N–H and O–H groups in total. The second-order valence-electron chi connectivity index (χ2n) is 5.19. The lowest BCUT2D eigenvalue weighted by Crippen LogP contribution is -2.06. The van der Waals surface area contributed by atoms with Crippen molar-refractivity contribution in [3.8, 4) is 5.75 Å². The molecule has 0 unspecified atom stereocenters. The summed E-state index contributed by atoms with van der Waals surface area (Å²) in [7, 11) is 0. The van der Waals surface area contributed by atoms with Crippen molar-refractivity contribution in [2.45, 2.75) is 20.5 Å². The molecular weight excluding hydrogens is 318 g/mol. The summed E-state index contributed by atoms with van der Waals surface area (Å²) < 4.78 is 10.8. The predicted octanol–water partition coefficient (Wildman–Crippen LogP) is 4.79. The number of para-hydroxylation sites is 1. The van der Waals surface area contributed by atoms with E-state index in [2.05, 4.69) is 10.0 Å². The predicted molar refractivity (Wildman–Crippen MR) is 95.7 cm³/mol. The van der Waals surface area contributed by atoms with Crippen LogP contribution in [-0.2, 0) is 16.1 Å². The Morgan fingerprint density at radius 1 is 1.20 bits per heavy atom. The minimum atomic E-state index is -0.672. The van der Waals surface area contributed by atoms with Gasteiger partial charge in [0.2, 0.25) is 0 Å². The molecule has 0 heterocycles. The Bertz CT molecular complexity index is 824. The van der Waals surface area contributed by atoms with E-state index in [1.54, 1.807) is 19.1 Å². The van der Waals surface area contributed by atoms with Crippen LogP contribution < -0.4 is 4.74 Å². The molecule has 128 valence electrons. The largest absolute Gasteiger partial charge is 0.488 e. The van der Waals surface area contributed by atoms with E-state index in [-0.39, 0.29) is 12.3 Å². The van der Waals surface area contributed by atoms with Crippen LogP contribution in [-0.4, -0.2) is 12.6 Å². The van der Waals surface area contributed by atoms with Crippen LogP contribution in [0.1, 0.15) is 23.6 Å². The molecule has 0 bridgehead atoms. The molecule has 0 aromatic heterocycles. The first kappa shape index (κ1) is 18.1. The third kappa shape index (κ3) is 5.12. The van der Waals surface area contributed by atoms with Crippen molar-refractivity contribution in [3.05, 3.63) is 81.4 Å². The van der Waals surface area contributed by atoms with Gasteiger partial charge in [-0.05, 0) is 42.6 Å². The smallest absolute Gasteiger partial charge is 0.340 e. The number of benzene rings is 2. The van der Waals surface area contributed by atoms with Crippen LogP contribution in [0.4, 0.5) is 0 Å². The zero-order valence-corrected chi connectivity index (χ0v) is 14.2. The maximum Gasteiger partial charge on any atom is 0.340 e. The maximum atomic E-state index is 11.9. The Morgan fingerprint density at radius 2 is 1.92 bits per heavy atom. The van der Waals surface area contributed by atoms with Gasteiger partial charge in [-0.2, -0.15) is 0 Å². The summed E-state index contributed by atoms with van der Waals surface area (Å²) in [4.78, 5) is 14.6. The molecule has 0 amide bonds. The second-order valence-corrected chi connectivity index (χ2v) is 5.19. The minimum Gasteiger partial charge on any atom is -0.488 e. The highest BCUT2D eigenvalue weighted by atomic mass is 16.5. The van der Waals surface area contributed by atoms with Crippen LogP contribution in [0.15, 0.2) is 59.3 Å². The number of nitrogens with zero attached hydrogens (tertiary/aromatic N) is 3. The average molecular weight is 337 g/mol. The van der Waals surface area contributed by atoms with Crippen LogP contribution in [0.25, 0.3) is 16.5 Å². The molecule has 0 radical (unpaired) electrons. The molecular formula is C19H19N3O3. The van der Waals surface area contributed by atoms with Gasteiger partial charge in [-0.1, -0.05) is 47.6 Å². The maximum absolute atomic E-state index is 11.9. The fraction of sp³-hybridized carbons (Fsp3) is 0.211. The summed E-state index contributed by atoms with van der Waals surface area (Å²) in [6.45, 7) is 4.30. The number of azide groups is 1. The summed E-state index contributed by atoms with van der Waals surface area (Å²) >= 11 is 0. The molecule has 0 spiro atoms.